The Kier molecular flexibility index (Phi) is 2.93. The Morgan fingerprint density at radius 3 is 2.77 bits per heavy atom. The van der Waals surface area contributed by atoms with E-state index < -0.39 is 5.54 Å². The summed E-state index contributed by atoms with van der Waals surface area (Å²) in [6.45, 7) is 3.57. The summed E-state index contributed by atoms with van der Waals surface area (Å²) < 4.78 is 5.69. The predicted molar refractivity (Wildman–Crippen MR) is 53.6 cm³/mol. The van der Waals surface area contributed by atoms with E-state index in [9.17, 15) is 4.79 Å². The number of hydrogen-bond donors (Lipinski definition) is 1. The van der Waals surface area contributed by atoms with Crippen LogP contribution in [0.1, 0.15) is 30.8 Å². The summed E-state index contributed by atoms with van der Waals surface area (Å²) in [4.78, 5) is 11.7. The van der Waals surface area contributed by atoms with Gasteiger partial charge in [0.05, 0.1) is 16.3 Å². The van der Waals surface area contributed by atoms with Crippen LogP contribution in [0.25, 0.3) is 0 Å². The molecule has 0 aromatic carbocycles. The Morgan fingerprint density at radius 2 is 2.38 bits per heavy atom. The third-order valence-electron chi connectivity index (χ3n) is 2.08. The third kappa shape index (κ3) is 2.00. The number of rotatable bonds is 3. The van der Waals surface area contributed by atoms with Crippen LogP contribution in [0.4, 0.5) is 0 Å². The molecule has 0 amide bonds. The zero-order chi connectivity index (χ0) is 10.1. The van der Waals surface area contributed by atoms with Gasteiger partial charge < -0.3 is 10.2 Å². The van der Waals surface area contributed by atoms with Crippen molar-refractivity contribution < 1.29 is 9.21 Å². The van der Waals surface area contributed by atoms with Crippen LogP contribution in [-0.2, 0) is 0 Å². The first-order valence-electron chi connectivity index (χ1n) is 4.05. The average Bonchev–Trinajstić information content (AvgIpc) is 2.50. The Bertz CT molecular complexity index is 317. The van der Waals surface area contributed by atoms with Crippen molar-refractivity contribution >= 4 is 21.7 Å². The SMILES string of the molecule is CCC(C)(N)C(=O)c1occc1Br. The fourth-order valence-electron chi connectivity index (χ4n) is 0.876. The smallest absolute Gasteiger partial charge is 0.218 e. The molecule has 0 aliphatic heterocycles. The molecule has 0 spiro atoms. The number of carbonyl (C=O) groups excluding carboxylic acids is 1. The summed E-state index contributed by atoms with van der Waals surface area (Å²) in [6, 6.07) is 1.68. The molecule has 72 valence electrons. The van der Waals surface area contributed by atoms with Gasteiger partial charge in [0.25, 0.3) is 0 Å². The number of halogens is 1. The molecule has 0 radical (unpaired) electrons. The maximum atomic E-state index is 11.7. The number of nitrogens with two attached hydrogens (primary N) is 1. The van der Waals surface area contributed by atoms with Gasteiger partial charge in [-0.3, -0.25) is 4.79 Å². The average molecular weight is 246 g/mol. The molecule has 0 saturated heterocycles. The fraction of sp³-hybridized carbons (Fsp3) is 0.444. The lowest BCUT2D eigenvalue weighted by atomic mass is 9.93. The molecule has 0 fully saturated rings. The van der Waals surface area contributed by atoms with Crippen LogP contribution in [0.2, 0.25) is 0 Å². The minimum absolute atomic E-state index is 0.174. The molecule has 3 nitrogen and oxygen atoms in total. The van der Waals surface area contributed by atoms with Crippen molar-refractivity contribution in [3.05, 3.63) is 22.6 Å². The summed E-state index contributed by atoms with van der Waals surface area (Å²) in [7, 11) is 0. The van der Waals surface area contributed by atoms with Crippen molar-refractivity contribution in [3.63, 3.8) is 0 Å². The van der Waals surface area contributed by atoms with E-state index in [0.717, 1.165) is 0 Å². The molecule has 1 unspecified atom stereocenters. The minimum atomic E-state index is -0.847. The van der Waals surface area contributed by atoms with Crippen molar-refractivity contribution in [3.8, 4) is 0 Å². The summed E-state index contributed by atoms with van der Waals surface area (Å²) in [6.07, 6.45) is 2.04. The number of ketones is 1. The molecule has 0 saturated carbocycles. The molecule has 1 heterocycles. The maximum absolute atomic E-state index is 11.7. The topological polar surface area (TPSA) is 56.2 Å². The Balaban J connectivity index is 2.98. The van der Waals surface area contributed by atoms with E-state index in [-0.39, 0.29) is 5.78 Å². The third-order valence-corrected chi connectivity index (χ3v) is 2.70. The van der Waals surface area contributed by atoms with Gasteiger partial charge in [-0.05, 0) is 35.3 Å². The van der Waals surface area contributed by atoms with E-state index in [1.807, 2.05) is 6.92 Å². The molecule has 0 aliphatic rings. The van der Waals surface area contributed by atoms with E-state index in [1.165, 1.54) is 6.26 Å². The quantitative estimate of drug-likeness (QED) is 0.833. The minimum Gasteiger partial charge on any atom is -0.460 e. The zero-order valence-corrected chi connectivity index (χ0v) is 9.22. The highest BCUT2D eigenvalue weighted by molar-refractivity contribution is 9.10. The van der Waals surface area contributed by atoms with Crippen LogP contribution >= 0.6 is 15.9 Å². The zero-order valence-electron chi connectivity index (χ0n) is 7.63. The molecule has 13 heavy (non-hydrogen) atoms. The lowest BCUT2D eigenvalue weighted by Crippen LogP contribution is -2.44. The van der Waals surface area contributed by atoms with Crippen LogP contribution in [0.3, 0.4) is 0 Å². The monoisotopic (exact) mass is 245 g/mol. The van der Waals surface area contributed by atoms with Crippen LogP contribution in [-0.4, -0.2) is 11.3 Å². The van der Waals surface area contributed by atoms with Crippen molar-refractivity contribution in [1.82, 2.24) is 0 Å². The van der Waals surface area contributed by atoms with E-state index in [2.05, 4.69) is 15.9 Å². The fourth-order valence-corrected chi connectivity index (χ4v) is 1.26. The van der Waals surface area contributed by atoms with Crippen LogP contribution in [0.5, 0.6) is 0 Å². The highest BCUT2D eigenvalue weighted by atomic mass is 79.9. The first-order chi connectivity index (χ1) is 5.99. The summed E-state index contributed by atoms with van der Waals surface area (Å²) in [5.41, 5.74) is 4.94. The van der Waals surface area contributed by atoms with E-state index in [0.29, 0.717) is 16.7 Å². The molecule has 1 aromatic rings. The standard InChI is InChI=1S/C9H12BrNO2/c1-3-9(2,11)8(12)7-6(10)4-5-13-7/h4-5H,3,11H2,1-2H3. The van der Waals surface area contributed by atoms with Gasteiger partial charge in [-0.1, -0.05) is 6.92 Å². The van der Waals surface area contributed by atoms with Gasteiger partial charge in [-0.2, -0.15) is 0 Å². The lowest BCUT2D eigenvalue weighted by molar-refractivity contribution is 0.0868. The van der Waals surface area contributed by atoms with Gasteiger partial charge in [0.1, 0.15) is 0 Å². The maximum Gasteiger partial charge on any atom is 0.218 e. The highest BCUT2D eigenvalue weighted by Gasteiger charge is 2.30. The van der Waals surface area contributed by atoms with Gasteiger partial charge in [0, 0.05) is 0 Å². The summed E-state index contributed by atoms with van der Waals surface area (Å²) in [5.74, 6) is 0.124. The van der Waals surface area contributed by atoms with Crippen LogP contribution in [0, 0.1) is 0 Å². The van der Waals surface area contributed by atoms with Gasteiger partial charge in [0.15, 0.2) is 5.76 Å². The van der Waals surface area contributed by atoms with Crippen molar-refractivity contribution in [1.29, 1.82) is 0 Å². The second kappa shape index (κ2) is 3.64. The number of hydrogen-bond acceptors (Lipinski definition) is 3. The summed E-state index contributed by atoms with van der Waals surface area (Å²) >= 11 is 3.22. The molecule has 1 atom stereocenters. The molecule has 0 aliphatic carbocycles. The van der Waals surface area contributed by atoms with E-state index >= 15 is 0 Å². The van der Waals surface area contributed by atoms with Crippen LogP contribution in [0.15, 0.2) is 21.2 Å². The Morgan fingerprint density at radius 1 is 1.77 bits per heavy atom. The Hall–Kier alpha value is -0.610. The second-order valence-electron chi connectivity index (χ2n) is 3.20. The molecule has 2 N–H and O–H groups in total. The number of Topliss-reactive ketones (excluding diaryl/α,β-unsaturated/α-hetero) is 1. The largest absolute Gasteiger partial charge is 0.460 e. The number of furan rings is 1. The summed E-state index contributed by atoms with van der Waals surface area (Å²) in [5, 5.41) is 0. The van der Waals surface area contributed by atoms with Gasteiger partial charge in [-0.15, -0.1) is 0 Å². The normalized spacial score (nSPS) is 15.4. The van der Waals surface area contributed by atoms with Gasteiger partial charge in [-0.25, -0.2) is 0 Å². The predicted octanol–water partition coefficient (Wildman–Crippen LogP) is 2.35. The van der Waals surface area contributed by atoms with E-state index in [4.69, 9.17) is 10.2 Å². The van der Waals surface area contributed by atoms with Crippen molar-refractivity contribution in [2.24, 2.45) is 5.73 Å². The van der Waals surface area contributed by atoms with E-state index in [1.54, 1.807) is 13.0 Å². The molecule has 1 aromatic heterocycles. The highest BCUT2D eigenvalue weighted by Crippen LogP contribution is 2.22. The molecular formula is C9H12BrNO2. The molecule has 1 rings (SSSR count). The molecule has 4 heteroatoms. The second-order valence-corrected chi connectivity index (χ2v) is 4.05. The Labute approximate surface area is 85.4 Å². The first kappa shape index (κ1) is 10.5. The lowest BCUT2D eigenvalue weighted by Gasteiger charge is -2.19. The van der Waals surface area contributed by atoms with Gasteiger partial charge >= 0.3 is 0 Å². The van der Waals surface area contributed by atoms with Crippen molar-refractivity contribution in [2.45, 2.75) is 25.8 Å². The molecular weight excluding hydrogens is 234 g/mol. The van der Waals surface area contributed by atoms with Gasteiger partial charge in [0.2, 0.25) is 5.78 Å². The molecule has 0 bridgehead atoms. The van der Waals surface area contributed by atoms with Crippen molar-refractivity contribution in [2.75, 3.05) is 0 Å². The first-order valence-corrected chi connectivity index (χ1v) is 4.85. The van der Waals surface area contributed by atoms with Crippen LogP contribution < -0.4 is 5.73 Å². The number of carbonyl (C=O) groups is 1.